The van der Waals surface area contributed by atoms with Crippen molar-refractivity contribution in [2.75, 3.05) is 5.32 Å². The van der Waals surface area contributed by atoms with Crippen molar-refractivity contribution < 1.29 is 4.79 Å². The Kier molecular flexibility index (Phi) is 5.57. The van der Waals surface area contributed by atoms with Crippen molar-refractivity contribution in [1.82, 2.24) is 14.8 Å². The Morgan fingerprint density at radius 2 is 1.63 bits per heavy atom. The van der Waals surface area contributed by atoms with Gasteiger partial charge in [0.05, 0.1) is 16.4 Å². The van der Waals surface area contributed by atoms with Gasteiger partial charge in [0.2, 0.25) is 5.82 Å². The molecule has 0 saturated carbocycles. The number of para-hydroxylation sites is 1. The third-order valence-electron chi connectivity index (χ3n) is 4.65. The number of rotatable bonds is 4. The molecule has 0 bridgehead atoms. The molecule has 0 saturated heterocycles. The molecule has 0 aliphatic rings. The molecule has 30 heavy (non-hydrogen) atoms. The van der Waals surface area contributed by atoms with Crippen LogP contribution in [0.3, 0.4) is 0 Å². The number of hydrogen-bond donors (Lipinski definition) is 1. The lowest BCUT2D eigenvalue weighted by Crippen LogP contribution is -2.15. The standard InChI is InChI=1S/C23H18Cl2N4O/c1-14-6-12-18(13-7-14)29-22(16-8-10-17(24)11-9-16)27-21(28-29)23(30)26-20-15(2)4-3-5-19(20)25/h3-13H,1-2H3,(H,26,30). The van der Waals surface area contributed by atoms with E-state index in [2.05, 4.69) is 15.4 Å². The number of amides is 1. The summed E-state index contributed by atoms with van der Waals surface area (Å²) in [7, 11) is 0. The molecule has 5 nitrogen and oxygen atoms in total. The van der Waals surface area contributed by atoms with Crippen molar-refractivity contribution in [2.45, 2.75) is 13.8 Å². The minimum Gasteiger partial charge on any atom is -0.318 e. The van der Waals surface area contributed by atoms with E-state index in [9.17, 15) is 4.79 Å². The monoisotopic (exact) mass is 436 g/mol. The Morgan fingerprint density at radius 3 is 2.30 bits per heavy atom. The van der Waals surface area contributed by atoms with E-state index in [-0.39, 0.29) is 5.82 Å². The zero-order valence-electron chi connectivity index (χ0n) is 16.4. The maximum atomic E-state index is 12.9. The second kappa shape index (κ2) is 8.30. The molecule has 0 aliphatic heterocycles. The smallest absolute Gasteiger partial charge is 0.295 e. The maximum absolute atomic E-state index is 12.9. The molecule has 3 aromatic carbocycles. The van der Waals surface area contributed by atoms with Crippen LogP contribution < -0.4 is 5.32 Å². The highest BCUT2D eigenvalue weighted by Crippen LogP contribution is 2.27. The van der Waals surface area contributed by atoms with Crippen LogP contribution >= 0.6 is 23.2 Å². The first-order chi connectivity index (χ1) is 14.4. The van der Waals surface area contributed by atoms with Crippen molar-refractivity contribution >= 4 is 34.8 Å². The summed E-state index contributed by atoms with van der Waals surface area (Å²) in [6.45, 7) is 3.88. The van der Waals surface area contributed by atoms with Gasteiger partial charge in [-0.3, -0.25) is 4.79 Å². The highest BCUT2D eigenvalue weighted by Gasteiger charge is 2.20. The van der Waals surface area contributed by atoms with Crippen LogP contribution in [-0.2, 0) is 0 Å². The first kappa shape index (κ1) is 20.1. The van der Waals surface area contributed by atoms with E-state index in [4.69, 9.17) is 23.2 Å². The summed E-state index contributed by atoms with van der Waals surface area (Å²) in [6, 6.07) is 20.5. The summed E-state index contributed by atoms with van der Waals surface area (Å²) in [4.78, 5) is 17.4. The van der Waals surface area contributed by atoms with Gasteiger partial charge in [-0.05, 0) is 61.9 Å². The Morgan fingerprint density at radius 1 is 0.933 bits per heavy atom. The molecule has 0 fully saturated rings. The first-order valence-electron chi connectivity index (χ1n) is 9.29. The molecule has 150 valence electrons. The molecule has 1 aromatic heterocycles. The lowest BCUT2D eigenvalue weighted by Gasteiger charge is -2.08. The van der Waals surface area contributed by atoms with Gasteiger partial charge in [0.15, 0.2) is 5.82 Å². The zero-order chi connectivity index (χ0) is 21.3. The summed E-state index contributed by atoms with van der Waals surface area (Å²) >= 11 is 12.3. The largest absolute Gasteiger partial charge is 0.318 e. The van der Waals surface area contributed by atoms with Crippen LogP contribution in [0, 0.1) is 13.8 Å². The molecule has 7 heteroatoms. The van der Waals surface area contributed by atoms with E-state index in [1.807, 2.05) is 62.4 Å². The molecule has 1 heterocycles. The van der Waals surface area contributed by atoms with Crippen LogP contribution in [0.4, 0.5) is 5.69 Å². The fraction of sp³-hybridized carbons (Fsp3) is 0.0870. The second-order valence-electron chi connectivity index (χ2n) is 6.90. The number of aryl methyl sites for hydroxylation is 2. The number of carbonyl (C=O) groups is 1. The van der Waals surface area contributed by atoms with E-state index < -0.39 is 5.91 Å². The quantitative estimate of drug-likeness (QED) is 0.419. The van der Waals surface area contributed by atoms with Crippen molar-refractivity contribution in [3.05, 3.63) is 93.7 Å². The van der Waals surface area contributed by atoms with E-state index in [1.54, 1.807) is 22.9 Å². The van der Waals surface area contributed by atoms with Crippen LogP contribution in [0.1, 0.15) is 21.7 Å². The van der Waals surface area contributed by atoms with Gasteiger partial charge in [-0.15, -0.1) is 5.10 Å². The molecule has 1 N–H and O–H groups in total. The van der Waals surface area contributed by atoms with E-state index >= 15 is 0 Å². The minimum atomic E-state index is -0.438. The van der Waals surface area contributed by atoms with Gasteiger partial charge in [0, 0.05) is 10.6 Å². The topological polar surface area (TPSA) is 59.8 Å². The van der Waals surface area contributed by atoms with Gasteiger partial charge < -0.3 is 5.32 Å². The molecule has 0 aliphatic carbocycles. The van der Waals surface area contributed by atoms with Crippen LogP contribution in [0.25, 0.3) is 17.1 Å². The average molecular weight is 437 g/mol. The summed E-state index contributed by atoms with van der Waals surface area (Å²) in [5.41, 5.74) is 4.11. The third kappa shape index (κ3) is 4.08. The zero-order valence-corrected chi connectivity index (χ0v) is 17.9. The molecule has 0 atom stereocenters. The van der Waals surface area contributed by atoms with E-state index in [1.165, 1.54) is 0 Å². The number of nitrogens with one attached hydrogen (secondary N) is 1. The number of halogens is 2. The summed E-state index contributed by atoms with van der Waals surface area (Å²) in [5, 5.41) is 8.38. The summed E-state index contributed by atoms with van der Waals surface area (Å²) in [5.74, 6) is 0.142. The normalized spacial score (nSPS) is 10.8. The van der Waals surface area contributed by atoms with Crippen LogP contribution in [0.2, 0.25) is 10.0 Å². The van der Waals surface area contributed by atoms with Crippen molar-refractivity contribution in [3.8, 4) is 17.1 Å². The van der Waals surface area contributed by atoms with Gasteiger partial charge in [-0.2, -0.15) is 0 Å². The van der Waals surface area contributed by atoms with Crippen molar-refractivity contribution in [2.24, 2.45) is 0 Å². The van der Waals surface area contributed by atoms with Crippen molar-refractivity contribution in [1.29, 1.82) is 0 Å². The summed E-state index contributed by atoms with van der Waals surface area (Å²) in [6.07, 6.45) is 0. The van der Waals surface area contributed by atoms with Crippen LogP contribution in [0.15, 0.2) is 66.7 Å². The fourth-order valence-corrected chi connectivity index (χ4v) is 3.41. The molecular formula is C23H18Cl2N4O. The Balaban J connectivity index is 1.77. The predicted molar refractivity (Wildman–Crippen MR) is 121 cm³/mol. The number of aromatic nitrogens is 3. The van der Waals surface area contributed by atoms with Gasteiger partial charge in [-0.25, -0.2) is 9.67 Å². The highest BCUT2D eigenvalue weighted by atomic mass is 35.5. The lowest BCUT2D eigenvalue weighted by molar-refractivity contribution is 0.101. The first-order valence-corrected chi connectivity index (χ1v) is 10.0. The Labute approximate surface area is 184 Å². The van der Waals surface area contributed by atoms with Crippen LogP contribution in [-0.4, -0.2) is 20.7 Å². The Hall–Kier alpha value is -3.15. The third-order valence-corrected chi connectivity index (χ3v) is 5.22. The van der Waals surface area contributed by atoms with Gasteiger partial charge in [0.25, 0.3) is 5.91 Å². The second-order valence-corrected chi connectivity index (χ2v) is 7.74. The van der Waals surface area contributed by atoms with Crippen LogP contribution in [0.5, 0.6) is 0 Å². The molecule has 0 radical (unpaired) electrons. The Bertz CT molecular complexity index is 1130. The lowest BCUT2D eigenvalue weighted by atomic mass is 10.2. The molecule has 0 spiro atoms. The van der Waals surface area contributed by atoms with Crippen molar-refractivity contribution in [3.63, 3.8) is 0 Å². The highest BCUT2D eigenvalue weighted by molar-refractivity contribution is 6.34. The number of anilines is 1. The number of nitrogens with zero attached hydrogens (tertiary/aromatic N) is 3. The molecule has 4 aromatic rings. The fourth-order valence-electron chi connectivity index (χ4n) is 3.02. The van der Waals surface area contributed by atoms with E-state index in [0.29, 0.717) is 21.6 Å². The molecular weight excluding hydrogens is 419 g/mol. The SMILES string of the molecule is Cc1ccc(-n2nc(C(=O)Nc3c(C)cccc3Cl)nc2-c2ccc(Cl)cc2)cc1. The molecule has 1 amide bonds. The molecule has 4 rings (SSSR count). The van der Waals surface area contributed by atoms with Gasteiger partial charge >= 0.3 is 0 Å². The van der Waals surface area contributed by atoms with Gasteiger partial charge in [0.1, 0.15) is 0 Å². The molecule has 0 unspecified atom stereocenters. The average Bonchev–Trinajstić information content (AvgIpc) is 3.17. The number of carbonyl (C=O) groups excluding carboxylic acids is 1. The maximum Gasteiger partial charge on any atom is 0.295 e. The minimum absolute atomic E-state index is 0.0415. The number of hydrogen-bond acceptors (Lipinski definition) is 3. The van der Waals surface area contributed by atoms with E-state index in [0.717, 1.165) is 22.4 Å². The number of benzene rings is 3. The predicted octanol–water partition coefficient (Wildman–Crippen LogP) is 6.11. The summed E-state index contributed by atoms with van der Waals surface area (Å²) < 4.78 is 1.65. The van der Waals surface area contributed by atoms with Gasteiger partial charge in [-0.1, -0.05) is 53.0 Å².